The SMILES string of the molecule is O=C(COc1ccc(F)cc1F)N1CCCCCC1CO. The highest BCUT2D eigenvalue weighted by molar-refractivity contribution is 5.78. The third kappa shape index (κ3) is 4.14. The van der Waals surface area contributed by atoms with Crippen LogP contribution in [0, 0.1) is 11.6 Å². The number of carbonyl (C=O) groups excluding carboxylic acids is 1. The minimum absolute atomic E-state index is 0.0867. The van der Waals surface area contributed by atoms with Crippen LogP contribution >= 0.6 is 0 Å². The van der Waals surface area contributed by atoms with Gasteiger partial charge in [-0.1, -0.05) is 12.8 Å². The summed E-state index contributed by atoms with van der Waals surface area (Å²) in [4.78, 5) is 13.8. The molecule has 1 aromatic rings. The van der Waals surface area contributed by atoms with Gasteiger partial charge in [0.15, 0.2) is 18.2 Å². The fourth-order valence-electron chi connectivity index (χ4n) is 2.51. The summed E-state index contributed by atoms with van der Waals surface area (Å²) in [6.07, 6.45) is 3.64. The Hall–Kier alpha value is -1.69. The van der Waals surface area contributed by atoms with E-state index in [1.165, 1.54) is 0 Å². The molecule has 116 valence electrons. The summed E-state index contributed by atoms with van der Waals surface area (Å²) in [6.45, 7) is 0.162. The topological polar surface area (TPSA) is 49.8 Å². The van der Waals surface area contributed by atoms with Crippen LogP contribution < -0.4 is 4.74 Å². The van der Waals surface area contributed by atoms with Crippen LogP contribution in [0.3, 0.4) is 0 Å². The zero-order valence-corrected chi connectivity index (χ0v) is 11.7. The lowest BCUT2D eigenvalue weighted by Crippen LogP contribution is -2.44. The number of benzene rings is 1. The van der Waals surface area contributed by atoms with Gasteiger partial charge < -0.3 is 14.7 Å². The molecule has 1 fully saturated rings. The van der Waals surface area contributed by atoms with Gasteiger partial charge in [0.05, 0.1) is 12.6 Å². The van der Waals surface area contributed by atoms with E-state index in [2.05, 4.69) is 0 Å². The summed E-state index contributed by atoms with van der Waals surface area (Å²) in [5.41, 5.74) is 0. The van der Waals surface area contributed by atoms with E-state index in [4.69, 9.17) is 4.74 Å². The van der Waals surface area contributed by atoms with Crippen LogP contribution in [-0.4, -0.2) is 41.7 Å². The summed E-state index contributed by atoms with van der Waals surface area (Å²) in [5.74, 6) is -1.98. The summed E-state index contributed by atoms with van der Waals surface area (Å²) in [5, 5.41) is 9.36. The van der Waals surface area contributed by atoms with E-state index in [0.717, 1.165) is 37.8 Å². The molecule has 1 unspecified atom stereocenters. The molecule has 21 heavy (non-hydrogen) atoms. The third-order valence-electron chi connectivity index (χ3n) is 3.65. The first-order valence-corrected chi connectivity index (χ1v) is 7.10. The second-order valence-electron chi connectivity index (χ2n) is 5.14. The molecule has 4 nitrogen and oxygen atoms in total. The number of carbonyl (C=O) groups is 1. The number of likely N-dealkylation sites (tertiary alicyclic amines) is 1. The van der Waals surface area contributed by atoms with Crippen molar-refractivity contribution in [2.24, 2.45) is 0 Å². The predicted octanol–water partition coefficient (Wildman–Crippen LogP) is 2.11. The van der Waals surface area contributed by atoms with E-state index < -0.39 is 11.6 Å². The van der Waals surface area contributed by atoms with Crippen molar-refractivity contribution in [1.82, 2.24) is 4.90 Å². The van der Waals surface area contributed by atoms with Crippen LogP contribution in [0.5, 0.6) is 5.75 Å². The normalized spacial score (nSPS) is 19.2. The summed E-state index contributed by atoms with van der Waals surface area (Å²) in [6, 6.07) is 2.74. The summed E-state index contributed by atoms with van der Waals surface area (Å²) in [7, 11) is 0. The largest absolute Gasteiger partial charge is 0.481 e. The zero-order chi connectivity index (χ0) is 15.2. The summed E-state index contributed by atoms with van der Waals surface area (Å²) < 4.78 is 31.3. The molecule has 1 heterocycles. The highest BCUT2D eigenvalue weighted by atomic mass is 19.1. The second-order valence-corrected chi connectivity index (χ2v) is 5.14. The number of rotatable bonds is 4. The van der Waals surface area contributed by atoms with Crippen molar-refractivity contribution < 1.29 is 23.4 Å². The van der Waals surface area contributed by atoms with Gasteiger partial charge in [0.1, 0.15) is 5.82 Å². The Morgan fingerprint density at radius 2 is 2.14 bits per heavy atom. The lowest BCUT2D eigenvalue weighted by molar-refractivity contribution is -0.136. The fourth-order valence-corrected chi connectivity index (χ4v) is 2.51. The van der Waals surface area contributed by atoms with Gasteiger partial charge in [-0.2, -0.15) is 0 Å². The minimum Gasteiger partial charge on any atom is -0.481 e. The Balaban J connectivity index is 1.96. The Labute approximate surface area is 122 Å². The Kier molecular flexibility index (Phi) is 5.50. The number of hydrogen-bond acceptors (Lipinski definition) is 3. The average Bonchev–Trinajstić information content (AvgIpc) is 2.71. The van der Waals surface area contributed by atoms with Gasteiger partial charge in [0.2, 0.25) is 0 Å². The quantitative estimate of drug-likeness (QED) is 0.926. The molecule has 0 aromatic heterocycles. The van der Waals surface area contributed by atoms with E-state index in [1.54, 1.807) is 4.90 Å². The first-order valence-electron chi connectivity index (χ1n) is 7.10. The van der Waals surface area contributed by atoms with Crippen molar-refractivity contribution >= 4 is 5.91 Å². The molecule has 2 rings (SSSR count). The van der Waals surface area contributed by atoms with Gasteiger partial charge in [-0.25, -0.2) is 8.78 Å². The standard InChI is InChI=1S/C15H19F2NO3/c16-11-5-6-14(13(17)8-11)21-10-15(20)18-7-3-1-2-4-12(18)9-19/h5-6,8,12,19H,1-4,7,9-10H2. The average molecular weight is 299 g/mol. The molecular formula is C15H19F2NO3. The highest BCUT2D eigenvalue weighted by Gasteiger charge is 2.25. The van der Waals surface area contributed by atoms with Crippen LogP contribution in [0.15, 0.2) is 18.2 Å². The zero-order valence-electron chi connectivity index (χ0n) is 11.7. The maximum absolute atomic E-state index is 13.4. The van der Waals surface area contributed by atoms with Crippen molar-refractivity contribution in [2.75, 3.05) is 19.8 Å². The monoisotopic (exact) mass is 299 g/mol. The molecule has 0 saturated carbocycles. The number of aliphatic hydroxyl groups is 1. The van der Waals surface area contributed by atoms with Gasteiger partial charge in [-0.15, -0.1) is 0 Å². The predicted molar refractivity (Wildman–Crippen MR) is 72.9 cm³/mol. The van der Waals surface area contributed by atoms with Crippen LogP contribution in [0.25, 0.3) is 0 Å². The van der Waals surface area contributed by atoms with Crippen molar-refractivity contribution in [3.8, 4) is 5.75 Å². The van der Waals surface area contributed by atoms with E-state index in [9.17, 15) is 18.7 Å². The molecule has 6 heteroatoms. The maximum atomic E-state index is 13.4. The highest BCUT2D eigenvalue weighted by Crippen LogP contribution is 2.19. The van der Waals surface area contributed by atoms with Gasteiger partial charge in [0.25, 0.3) is 5.91 Å². The molecule has 1 saturated heterocycles. The number of nitrogens with zero attached hydrogens (tertiary/aromatic N) is 1. The molecule has 1 N–H and O–H groups in total. The molecule has 1 amide bonds. The van der Waals surface area contributed by atoms with E-state index in [0.29, 0.717) is 12.6 Å². The fraction of sp³-hybridized carbons (Fsp3) is 0.533. The van der Waals surface area contributed by atoms with Crippen molar-refractivity contribution in [1.29, 1.82) is 0 Å². The van der Waals surface area contributed by atoms with Crippen molar-refractivity contribution in [3.05, 3.63) is 29.8 Å². The molecule has 0 bridgehead atoms. The Morgan fingerprint density at radius 1 is 1.33 bits per heavy atom. The van der Waals surface area contributed by atoms with Gasteiger partial charge in [-0.3, -0.25) is 4.79 Å². The van der Waals surface area contributed by atoms with E-state index in [-0.39, 0.29) is 30.9 Å². The van der Waals surface area contributed by atoms with Gasteiger partial charge >= 0.3 is 0 Å². The smallest absolute Gasteiger partial charge is 0.260 e. The summed E-state index contributed by atoms with van der Waals surface area (Å²) >= 11 is 0. The number of amides is 1. The van der Waals surface area contributed by atoms with Gasteiger partial charge in [0, 0.05) is 12.6 Å². The third-order valence-corrected chi connectivity index (χ3v) is 3.65. The Bertz CT molecular complexity index is 496. The molecule has 1 aliphatic heterocycles. The molecule has 0 aliphatic carbocycles. The number of hydrogen-bond donors (Lipinski definition) is 1. The molecule has 1 aromatic carbocycles. The second kappa shape index (κ2) is 7.36. The molecule has 0 spiro atoms. The maximum Gasteiger partial charge on any atom is 0.260 e. The van der Waals surface area contributed by atoms with E-state index >= 15 is 0 Å². The molecular weight excluding hydrogens is 280 g/mol. The lowest BCUT2D eigenvalue weighted by atomic mass is 10.1. The first-order chi connectivity index (χ1) is 10.1. The van der Waals surface area contributed by atoms with Gasteiger partial charge in [-0.05, 0) is 25.0 Å². The number of halogens is 2. The van der Waals surface area contributed by atoms with Crippen LogP contribution in [0.1, 0.15) is 25.7 Å². The van der Waals surface area contributed by atoms with Crippen molar-refractivity contribution in [3.63, 3.8) is 0 Å². The van der Waals surface area contributed by atoms with Crippen molar-refractivity contribution in [2.45, 2.75) is 31.7 Å². The number of ether oxygens (including phenoxy) is 1. The van der Waals surface area contributed by atoms with Crippen LogP contribution in [0.4, 0.5) is 8.78 Å². The molecule has 1 aliphatic rings. The Morgan fingerprint density at radius 3 is 2.86 bits per heavy atom. The van der Waals surface area contributed by atoms with E-state index in [1.807, 2.05) is 0 Å². The minimum atomic E-state index is -0.836. The number of aliphatic hydroxyl groups excluding tert-OH is 1. The molecule has 1 atom stereocenters. The molecule has 0 radical (unpaired) electrons. The van der Waals surface area contributed by atoms with Crippen LogP contribution in [-0.2, 0) is 4.79 Å². The first kappa shape index (κ1) is 15.7. The van der Waals surface area contributed by atoms with Crippen LogP contribution in [0.2, 0.25) is 0 Å². The lowest BCUT2D eigenvalue weighted by Gasteiger charge is -2.28.